The summed E-state index contributed by atoms with van der Waals surface area (Å²) in [6.45, 7) is 5.61. The van der Waals surface area contributed by atoms with E-state index in [1.54, 1.807) is 6.92 Å². The van der Waals surface area contributed by atoms with Crippen molar-refractivity contribution in [1.29, 1.82) is 0 Å². The number of carbonyl (C=O) groups is 3. The van der Waals surface area contributed by atoms with Crippen LogP contribution >= 0.6 is 25.0 Å². The van der Waals surface area contributed by atoms with E-state index in [9.17, 15) is 14.4 Å². The first kappa shape index (κ1) is 19.2. The molecule has 3 unspecified atom stereocenters. The van der Waals surface area contributed by atoms with Crippen molar-refractivity contribution < 1.29 is 33.3 Å². The van der Waals surface area contributed by atoms with E-state index in [1.807, 2.05) is 0 Å². The zero-order valence-corrected chi connectivity index (χ0v) is 15.1. The van der Waals surface area contributed by atoms with E-state index in [0.717, 1.165) is 0 Å². The average molecular weight is 399 g/mol. The van der Waals surface area contributed by atoms with Crippen LogP contribution in [0.25, 0.3) is 0 Å². The molecule has 0 spiro atoms. The summed E-state index contributed by atoms with van der Waals surface area (Å²) in [5.74, 6) is -1.72. The lowest BCUT2D eigenvalue weighted by Crippen LogP contribution is -2.56. The smallest absolute Gasteiger partial charge is 0.303 e. The van der Waals surface area contributed by atoms with Gasteiger partial charge in [0.1, 0.15) is 24.9 Å². The van der Waals surface area contributed by atoms with Crippen molar-refractivity contribution in [3.63, 3.8) is 0 Å². The molecule has 0 saturated carbocycles. The molecule has 1 aliphatic rings. The normalized spacial score (nSPS) is 31.2. The Balaban J connectivity index is 2.94. The summed E-state index contributed by atoms with van der Waals surface area (Å²) >= 11 is 3.23. The van der Waals surface area contributed by atoms with Crippen molar-refractivity contribution in [3.8, 4) is 0 Å². The minimum Gasteiger partial charge on any atom is -0.463 e. The van der Waals surface area contributed by atoms with Crippen LogP contribution in [0, 0.1) is 5.92 Å². The number of ether oxygens (including phenoxy) is 4. The van der Waals surface area contributed by atoms with E-state index < -0.39 is 41.7 Å². The quantitative estimate of drug-likeness (QED) is 0.511. The Morgan fingerprint density at radius 2 is 1.59 bits per heavy atom. The van der Waals surface area contributed by atoms with Crippen molar-refractivity contribution >= 4 is 42.9 Å². The third kappa shape index (κ3) is 5.44. The largest absolute Gasteiger partial charge is 0.463 e. The van der Waals surface area contributed by atoms with Crippen LogP contribution in [-0.2, 0) is 33.3 Å². The predicted molar refractivity (Wildman–Crippen MR) is 82.1 cm³/mol. The van der Waals surface area contributed by atoms with E-state index in [0.29, 0.717) is 0 Å². The molecule has 0 aliphatic carbocycles. The van der Waals surface area contributed by atoms with Crippen LogP contribution in [0.15, 0.2) is 0 Å². The lowest BCUT2D eigenvalue weighted by Gasteiger charge is -2.43. The van der Waals surface area contributed by atoms with Crippen molar-refractivity contribution in [3.05, 3.63) is 0 Å². The number of halogens is 1. The highest BCUT2D eigenvalue weighted by molar-refractivity contribution is 9.50. The first-order valence-electron chi connectivity index (χ1n) is 6.67. The second-order valence-electron chi connectivity index (χ2n) is 4.94. The maximum Gasteiger partial charge on any atom is 0.303 e. The summed E-state index contributed by atoms with van der Waals surface area (Å²) < 4.78 is 21.3. The van der Waals surface area contributed by atoms with E-state index in [-0.39, 0.29) is 12.5 Å². The zero-order valence-electron chi connectivity index (χ0n) is 12.7. The fourth-order valence-electron chi connectivity index (χ4n) is 2.24. The molecule has 7 nitrogen and oxygen atoms in total. The number of carbonyl (C=O) groups excluding carboxylic acids is 3. The fraction of sp³-hybridized carbons (Fsp3) is 0.769. The Morgan fingerprint density at radius 1 is 1.05 bits per heavy atom. The molecule has 0 bridgehead atoms. The summed E-state index contributed by atoms with van der Waals surface area (Å²) in [5, 5.41) is 0. The molecule has 0 N–H and O–H groups in total. The third-order valence-electron chi connectivity index (χ3n) is 3.12. The monoisotopic (exact) mass is 398 g/mol. The molecule has 1 fully saturated rings. The topological polar surface area (TPSA) is 88.1 Å². The molecule has 1 heterocycles. The average Bonchev–Trinajstić information content (AvgIpc) is 2.41. The molecule has 9 heteroatoms. The molecule has 5 atom stereocenters. The number of esters is 3. The predicted octanol–water partition coefficient (Wildman–Crippen LogP) is 1.82. The first-order valence-corrected chi connectivity index (χ1v) is 9.39. The minimum atomic E-state index is -0.683. The molecular formula is C13H19BrO7S. The Hall–Kier alpha value is -0.800. The van der Waals surface area contributed by atoms with Crippen molar-refractivity contribution in [2.75, 3.05) is 6.61 Å². The lowest BCUT2D eigenvalue weighted by atomic mass is 9.91. The summed E-state index contributed by atoms with van der Waals surface area (Å²) in [7, 11) is 1.19. The van der Waals surface area contributed by atoms with Crippen LogP contribution in [0.3, 0.4) is 0 Å². The summed E-state index contributed by atoms with van der Waals surface area (Å²) in [4.78, 5) is 33.6. The lowest BCUT2D eigenvalue weighted by molar-refractivity contribution is -0.211. The number of hydrogen-bond acceptors (Lipinski definition) is 8. The third-order valence-corrected chi connectivity index (χ3v) is 4.78. The molecule has 0 amide bonds. The van der Waals surface area contributed by atoms with Crippen LogP contribution in [0.1, 0.15) is 27.7 Å². The summed E-state index contributed by atoms with van der Waals surface area (Å²) in [6, 6.07) is 0. The minimum absolute atomic E-state index is 0.0472. The highest BCUT2D eigenvalue weighted by Gasteiger charge is 2.47. The Bertz CT molecular complexity index is 429. The molecule has 1 aliphatic heterocycles. The van der Waals surface area contributed by atoms with E-state index in [4.69, 9.17) is 18.9 Å². The van der Waals surface area contributed by atoms with Gasteiger partial charge in [-0.3, -0.25) is 14.4 Å². The van der Waals surface area contributed by atoms with Crippen molar-refractivity contribution in [2.45, 2.75) is 51.4 Å². The van der Waals surface area contributed by atoms with Crippen LogP contribution in [0.2, 0.25) is 0 Å². The van der Waals surface area contributed by atoms with E-state index >= 15 is 0 Å². The number of hydrogen-bond donors (Lipinski definition) is 0. The molecule has 0 radical (unpaired) electrons. The summed E-state index contributed by atoms with van der Waals surface area (Å²) in [6.07, 6.45) is -1.92. The van der Waals surface area contributed by atoms with Gasteiger partial charge in [0, 0.05) is 26.7 Å². The molecule has 0 aromatic rings. The zero-order chi connectivity index (χ0) is 16.9. The SMILES string of the molecule is CC(=O)OCC1O[C@H](SBr)C(OC(C)=O)C(C)[C@H]1OC(C)=O. The van der Waals surface area contributed by atoms with E-state index in [2.05, 4.69) is 14.8 Å². The molecular weight excluding hydrogens is 380 g/mol. The Morgan fingerprint density at radius 3 is 2.05 bits per heavy atom. The molecule has 0 aromatic carbocycles. The van der Waals surface area contributed by atoms with Gasteiger partial charge < -0.3 is 18.9 Å². The van der Waals surface area contributed by atoms with Crippen LogP contribution < -0.4 is 0 Å². The van der Waals surface area contributed by atoms with Gasteiger partial charge >= 0.3 is 17.9 Å². The van der Waals surface area contributed by atoms with Crippen molar-refractivity contribution in [1.82, 2.24) is 0 Å². The maximum absolute atomic E-state index is 11.3. The van der Waals surface area contributed by atoms with Gasteiger partial charge in [-0.05, 0) is 25.0 Å². The van der Waals surface area contributed by atoms with Crippen LogP contribution in [0.5, 0.6) is 0 Å². The van der Waals surface area contributed by atoms with Gasteiger partial charge in [-0.15, -0.1) is 0 Å². The fourth-order valence-corrected chi connectivity index (χ4v) is 3.73. The second kappa shape index (κ2) is 8.73. The number of rotatable bonds is 5. The van der Waals surface area contributed by atoms with Gasteiger partial charge in [0.15, 0.2) is 5.44 Å². The van der Waals surface area contributed by atoms with Crippen LogP contribution in [-0.4, -0.2) is 48.3 Å². The van der Waals surface area contributed by atoms with Gasteiger partial charge in [-0.2, -0.15) is 0 Å². The maximum atomic E-state index is 11.3. The summed E-state index contributed by atoms with van der Waals surface area (Å²) in [5.41, 5.74) is -0.508. The highest BCUT2D eigenvalue weighted by Crippen LogP contribution is 2.37. The van der Waals surface area contributed by atoms with Gasteiger partial charge in [-0.1, -0.05) is 6.92 Å². The molecule has 1 rings (SSSR count). The van der Waals surface area contributed by atoms with Gasteiger partial charge in [0.25, 0.3) is 0 Å². The Labute approximate surface area is 140 Å². The van der Waals surface area contributed by atoms with Gasteiger partial charge in [-0.25, -0.2) is 0 Å². The van der Waals surface area contributed by atoms with Gasteiger partial charge in [0.05, 0.1) is 0 Å². The molecule has 1 saturated heterocycles. The first-order chi connectivity index (χ1) is 10.3. The molecule has 0 aromatic heterocycles. The Kier molecular flexibility index (Phi) is 7.64. The van der Waals surface area contributed by atoms with E-state index in [1.165, 1.54) is 31.0 Å². The van der Waals surface area contributed by atoms with Gasteiger partial charge in [0.2, 0.25) is 0 Å². The highest BCUT2D eigenvalue weighted by atomic mass is 79.9. The van der Waals surface area contributed by atoms with Crippen molar-refractivity contribution in [2.24, 2.45) is 5.92 Å². The molecule has 126 valence electrons. The molecule has 22 heavy (non-hydrogen) atoms. The van der Waals surface area contributed by atoms with Crippen LogP contribution in [0.4, 0.5) is 0 Å². The standard InChI is InChI=1S/C13H19BrO7S/c1-6-11(19-8(3)16)10(5-18-7(2)15)21-13(22-14)12(6)20-9(4)17/h6,10-13H,5H2,1-4H3/t6?,10?,11-,12?,13-/m1/s1. The second-order valence-corrected chi connectivity index (χ2v) is 6.71.